The Bertz CT molecular complexity index is 690. The van der Waals surface area contributed by atoms with Crippen LogP contribution in [0.1, 0.15) is 16.1 Å². The van der Waals surface area contributed by atoms with Crippen LogP contribution in [0.5, 0.6) is 0 Å². The van der Waals surface area contributed by atoms with Crippen molar-refractivity contribution in [2.75, 3.05) is 0 Å². The molecule has 0 saturated heterocycles. The molecule has 1 aromatic carbocycles. The lowest BCUT2D eigenvalue weighted by molar-refractivity contribution is -0.388. The first-order chi connectivity index (χ1) is 9.49. The Kier molecular flexibility index (Phi) is 3.94. The summed E-state index contributed by atoms with van der Waals surface area (Å²) in [5.74, 6) is -1.34. The van der Waals surface area contributed by atoms with E-state index in [1.165, 1.54) is 24.4 Å². The molecule has 0 aliphatic carbocycles. The van der Waals surface area contributed by atoms with Crippen molar-refractivity contribution in [2.45, 2.75) is 17.0 Å². The molecule has 0 aliphatic heterocycles. The zero-order valence-corrected chi connectivity index (χ0v) is 11.1. The fourth-order valence-electron chi connectivity index (χ4n) is 1.54. The predicted octanol–water partition coefficient (Wildman–Crippen LogP) is 2.54. The SMILES string of the molecule is Cc1ccnc(Sc2cccc(C(=O)O)c2[N+](=O)[O-])n1. The van der Waals surface area contributed by atoms with Crippen LogP contribution >= 0.6 is 11.8 Å². The van der Waals surface area contributed by atoms with Gasteiger partial charge in [-0.3, -0.25) is 10.1 Å². The van der Waals surface area contributed by atoms with Crippen molar-refractivity contribution >= 4 is 23.4 Å². The van der Waals surface area contributed by atoms with Gasteiger partial charge in [0.1, 0.15) is 5.56 Å². The molecule has 1 N–H and O–H groups in total. The normalized spacial score (nSPS) is 10.2. The lowest BCUT2D eigenvalue weighted by atomic mass is 10.2. The zero-order valence-electron chi connectivity index (χ0n) is 10.3. The number of aromatic carboxylic acids is 1. The van der Waals surface area contributed by atoms with E-state index in [2.05, 4.69) is 9.97 Å². The van der Waals surface area contributed by atoms with Gasteiger partial charge in [-0.25, -0.2) is 14.8 Å². The Hall–Kier alpha value is -2.48. The number of carboxylic acid groups (broad SMARTS) is 1. The summed E-state index contributed by atoms with van der Waals surface area (Å²) in [6.07, 6.45) is 1.54. The van der Waals surface area contributed by atoms with Gasteiger partial charge in [-0.05, 0) is 36.9 Å². The van der Waals surface area contributed by atoms with Crippen molar-refractivity contribution in [3.8, 4) is 0 Å². The van der Waals surface area contributed by atoms with E-state index in [1.807, 2.05) is 0 Å². The van der Waals surface area contributed by atoms with Crippen molar-refractivity contribution in [3.63, 3.8) is 0 Å². The van der Waals surface area contributed by atoms with E-state index in [9.17, 15) is 14.9 Å². The minimum atomic E-state index is -1.34. The lowest BCUT2D eigenvalue weighted by Crippen LogP contribution is -2.04. The summed E-state index contributed by atoms with van der Waals surface area (Å²) in [5, 5.41) is 20.4. The molecule has 1 aromatic heterocycles. The first-order valence-corrected chi connectivity index (χ1v) is 6.29. The van der Waals surface area contributed by atoms with E-state index in [4.69, 9.17) is 5.11 Å². The second kappa shape index (κ2) is 5.66. The number of hydrogen-bond acceptors (Lipinski definition) is 6. The van der Waals surface area contributed by atoms with Crippen LogP contribution in [0.25, 0.3) is 0 Å². The summed E-state index contributed by atoms with van der Waals surface area (Å²) < 4.78 is 0. The lowest BCUT2D eigenvalue weighted by Gasteiger charge is -2.04. The Balaban J connectivity index is 2.49. The highest BCUT2D eigenvalue weighted by Gasteiger charge is 2.25. The maximum atomic E-state index is 11.1. The molecule has 102 valence electrons. The number of para-hydroxylation sites is 1. The molecule has 0 saturated carbocycles. The highest BCUT2D eigenvalue weighted by atomic mass is 32.2. The number of carbonyl (C=O) groups is 1. The molecule has 0 unspecified atom stereocenters. The van der Waals surface area contributed by atoms with Gasteiger partial charge in [-0.2, -0.15) is 0 Å². The fraction of sp³-hybridized carbons (Fsp3) is 0.0833. The van der Waals surface area contributed by atoms with Gasteiger partial charge in [0.2, 0.25) is 0 Å². The standard InChI is InChI=1S/C12H9N3O4S/c1-7-5-6-13-12(14-7)20-9-4-2-3-8(11(16)17)10(9)15(18)19/h2-6H,1H3,(H,16,17). The van der Waals surface area contributed by atoms with E-state index in [-0.39, 0.29) is 10.5 Å². The first-order valence-electron chi connectivity index (χ1n) is 5.47. The maximum absolute atomic E-state index is 11.1. The second-order valence-corrected chi connectivity index (χ2v) is 4.81. The quantitative estimate of drug-likeness (QED) is 0.524. The third-order valence-electron chi connectivity index (χ3n) is 2.39. The van der Waals surface area contributed by atoms with Crippen molar-refractivity contribution in [1.82, 2.24) is 9.97 Å². The van der Waals surface area contributed by atoms with Crippen LogP contribution in [-0.2, 0) is 0 Å². The highest BCUT2D eigenvalue weighted by Crippen LogP contribution is 2.35. The zero-order chi connectivity index (χ0) is 14.7. The van der Waals surface area contributed by atoms with Gasteiger partial charge < -0.3 is 5.11 Å². The summed E-state index contributed by atoms with van der Waals surface area (Å²) in [7, 11) is 0. The number of nitro groups is 1. The summed E-state index contributed by atoms with van der Waals surface area (Å²) in [5.41, 5.74) is -0.0812. The van der Waals surface area contributed by atoms with Gasteiger partial charge in [0.15, 0.2) is 5.16 Å². The van der Waals surface area contributed by atoms with E-state index >= 15 is 0 Å². The highest BCUT2D eigenvalue weighted by molar-refractivity contribution is 7.99. The smallest absolute Gasteiger partial charge is 0.342 e. The molecule has 0 radical (unpaired) electrons. The van der Waals surface area contributed by atoms with Crippen molar-refractivity contribution in [1.29, 1.82) is 0 Å². The summed E-state index contributed by atoms with van der Waals surface area (Å²) in [6.45, 7) is 1.77. The molecule has 8 heteroatoms. The predicted molar refractivity (Wildman–Crippen MR) is 70.9 cm³/mol. The number of aromatic nitrogens is 2. The van der Waals surface area contributed by atoms with Gasteiger partial charge in [-0.15, -0.1) is 0 Å². The van der Waals surface area contributed by atoms with Crippen LogP contribution in [0.15, 0.2) is 40.5 Å². The van der Waals surface area contributed by atoms with E-state index in [0.717, 1.165) is 17.5 Å². The molecular weight excluding hydrogens is 282 g/mol. The van der Waals surface area contributed by atoms with E-state index < -0.39 is 16.6 Å². The number of rotatable bonds is 4. The molecule has 20 heavy (non-hydrogen) atoms. The molecule has 7 nitrogen and oxygen atoms in total. The van der Waals surface area contributed by atoms with Crippen LogP contribution in [0.2, 0.25) is 0 Å². The molecular formula is C12H9N3O4S. The average Bonchev–Trinajstić information content (AvgIpc) is 2.38. The number of hydrogen-bond donors (Lipinski definition) is 1. The van der Waals surface area contributed by atoms with Crippen LogP contribution in [0.3, 0.4) is 0 Å². The third-order valence-corrected chi connectivity index (χ3v) is 3.31. The number of nitro benzene ring substituents is 1. The van der Waals surface area contributed by atoms with E-state index in [1.54, 1.807) is 13.0 Å². The van der Waals surface area contributed by atoms with Crippen molar-refractivity contribution in [2.24, 2.45) is 0 Å². The van der Waals surface area contributed by atoms with Gasteiger partial charge in [0.25, 0.3) is 5.69 Å². The van der Waals surface area contributed by atoms with E-state index in [0.29, 0.717) is 5.16 Å². The number of carboxylic acids is 1. The molecule has 0 aliphatic rings. The number of nitrogens with zero attached hydrogens (tertiary/aromatic N) is 3. The van der Waals surface area contributed by atoms with Crippen LogP contribution in [0, 0.1) is 17.0 Å². The third kappa shape index (κ3) is 2.91. The second-order valence-electron chi connectivity index (χ2n) is 3.80. The van der Waals surface area contributed by atoms with Crippen molar-refractivity contribution in [3.05, 3.63) is 51.8 Å². The maximum Gasteiger partial charge on any atom is 0.342 e. The van der Waals surface area contributed by atoms with Crippen LogP contribution in [0.4, 0.5) is 5.69 Å². The van der Waals surface area contributed by atoms with Gasteiger partial charge in [0.05, 0.1) is 9.82 Å². The first kappa shape index (κ1) is 13.9. The van der Waals surface area contributed by atoms with Crippen LogP contribution in [-0.4, -0.2) is 26.0 Å². The van der Waals surface area contributed by atoms with Crippen molar-refractivity contribution < 1.29 is 14.8 Å². The molecule has 0 amide bonds. The molecule has 2 rings (SSSR count). The number of aryl methyl sites for hydroxylation is 1. The van der Waals surface area contributed by atoms with Gasteiger partial charge >= 0.3 is 5.97 Å². The largest absolute Gasteiger partial charge is 0.477 e. The van der Waals surface area contributed by atoms with Gasteiger partial charge in [-0.1, -0.05) is 6.07 Å². The van der Waals surface area contributed by atoms with Crippen LogP contribution < -0.4 is 0 Å². The number of benzene rings is 1. The molecule has 2 aromatic rings. The molecule has 0 fully saturated rings. The molecule has 0 spiro atoms. The summed E-state index contributed by atoms with van der Waals surface area (Å²) >= 11 is 0.961. The molecule has 0 atom stereocenters. The Morgan fingerprint density at radius 2 is 2.15 bits per heavy atom. The Labute approximate surface area is 117 Å². The Morgan fingerprint density at radius 1 is 1.40 bits per heavy atom. The summed E-state index contributed by atoms with van der Waals surface area (Å²) in [4.78, 5) is 29.7. The minimum Gasteiger partial charge on any atom is -0.477 e. The molecule has 1 heterocycles. The van der Waals surface area contributed by atoms with Gasteiger partial charge in [0, 0.05) is 11.9 Å². The fourth-order valence-corrected chi connectivity index (χ4v) is 2.47. The summed E-state index contributed by atoms with van der Waals surface area (Å²) in [6, 6.07) is 5.82. The molecule has 0 bridgehead atoms. The Morgan fingerprint density at radius 3 is 2.75 bits per heavy atom. The minimum absolute atomic E-state index is 0.195. The monoisotopic (exact) mass is 291 g/mol. The average molecular weight is 291 g/mol. The topological polar surface area (TPSA) is 106 Å².